The summed E-state index contributed by atoms with van der Waals surface area (Å²) in [6, 6.07) is 7.51. The predicted octanol–water partition coefficient (Wildman–Crippen LogP) is 2.83. The summed E-state index contributed by atoms with van der Waals surface area (Å²) in [6.07, 6.45) is 6.31. The number of hydrogen-bond acceptors (Lipinski definition) is 2. The number of hydrogen-bond donors (Lipinski definition) is 1. The van der Waals surface area contributed by atoms with Crippen molar-refractivity contribution in [2.75, 3.05) is 19.7 Å². The van der Waals surface area contributed by atoms with Crippen LogP contribution in [0.4, 0.5) is 0 Å². The lowest BCUT2D eigenvalue weighted by Gasteiger charge is -2.25. The molecule has 1 N–H and O–H groups in total. The first kappa shape index (κ1) is 15.6. The smallest absolute Gasteiger partial charge is 0.255 e. The average Bonchev–Trinajstić information content (AvgIpc) is 2.47. The number of benzene rings is 1. The van der Waals surface area contributed by atoms with E-state index in [-0.39, 0.29) is 12.5 Å². The quantitative estimate of drug-likeness (QED) is 0.849. The van der Waals surface area contributed by atoms with Crippen LogP contribution in [0.25, 0.3) is 0 Å². The first-order valence-corrected chi connectivity index (χ1v) is 7.81. The van der Waals surface area contributed by atoms with Crippen molar-refractivity contribution in [3.8, 4) is 11.8 Å². The number of carbonyl (C=O) groups excluding carboxylic acids is 1. The van der Waals surface area contributed by atoms with Crippen molar-refractivity contribution in [2.45, 2.75) is 38.5 Å². The van der Waals surface area contributed by atoms with Crippen LogP contribution in [0.2, 0.25) is 0 Å². The normalized spacial score (nSPS) is 15.6. The molecular weight excluding hydrogens is 262 g/mol. The number of aliphatic hydroxyl groups excluding tert-OH is 1. The van der Waals surface area contributed by atoms with E-state index in [1.54, 1.807) is 0 Å². The minimum absolute atomic E-state index is 0.0508. The number of carbonyl (C=O) groups is 1. The number of aliphatic hydroxyl groups is 1. The van der Waals surface area contributed by atoms with Crippen molar-refractivity contribution in [2.24, 2.45) is 0 Å². The molecule has 0 saturated carbocycles. The number of amides is 1. The Morgan fingerprint density at radius 2 is 1.76 bits per heavy atom. The van der Waals surface area contributed by atoms with E-state index in [0.29, 0.717) is 12.0 Å². The van der Waals surface area contributed by atoms with Crippen LogP contribution >= 0.6 is 0 Å². The summed E-state index contributed by atoms with van der Waals surface area (Å²) < 4.78 is 0. The maximum atomic E-state index is 12.7. The van der Waals surface area contributed by atoms with Gasteiger partial charge in [0.15, 0.2) is 0 Å². The van der Waals surface area contributed by atoms with Crippen molar-refractivity contribution in [3.63, 3.8) is 0 Å². The molecule has 0 bridgehead atoms. The van der Waals surface area contributed by atoms with Gasteiger partial charge in [-0.3, -0.25) is 4.79 Å². The van der Waals surface area contributed by atoms with Crippen LogP contribution in [0.15, 0.2) is 24.3 Å². The SMILES string of the molecule is O=C(c1ccccc1C#CCCO)N1CCCCCCC1. The third-order valence-electron chi connectivity index (χ3n) is 3.76. The molecule has 21 heavy (non-hydrogen) atoms. The van der Waals surface area contributed by atoms with Crippen LogP contribution < -0.4 is 0 Å². The van der Waals surface area contributed by atoms with Gasteiger partial charge in [-0.15, -0.1) is 0 Å². The Morgan fingerprint density at radius 1 is 1.10 bits per heavy atom. The maximum absolute atomic E-state index is 12.7. The van der Waals surface area contributed by atoms with Gasteiger partial charge in [-0.1, -0.05) is 43.2 Å². The van der Waals surface area contributed by atoms with Gasteiger partial charge in [0.1, 0.15) is 0 Å². The first-order valence-electron chi connectivity index (χ1n) is 7.81. The molecule has 1 aliphatic heterocycles. The topological polar surface area (TPSA) is 40.5 Å². The predicted molar refractivity (Wildman–Crippen MR) is 84.0 cm³/mol. The number of rotatable bonds is 2. The highest BCUT2D eigenvalue weighted by atomic mass is 16.2. The molecule has 1 saturated heterocycles. The fourth-order valence-corrected chi connectivity index (χ4v) is 2.61. The van der Waals surface area contributed by atoms with Crippen molar-refractivity contribution >= 4 is 5.91 Å². The summed E-state index contributed by atoms with van der Waals surface area (Å²) in [5.74, 6) is 5.99. The molecule has 0 spiro atoms. The van der Waals surface area contributed by atoms with E-state index in [4.69, 9.17) is 5.11 Å². The Hall–Kier alpha value is -1.79. The summed E-state index contributed by atoms with van der Waals surface area (Å²) in [6.45, 7) is 1.74. The average molecular weight is 285 g/mol. The van der Waals surface area contributed by atoms with Crippen LogP contribution in [0.3, 0.4) is 0 Å². The zero-order chi connectivity index (χ0) is 14.9. The van der Waals surface area contributed by atoms with Gasteiger partial charge in [0.25, 0.3) is 5.91 Å². The highest BCUT2D eigenvalue weighted by Crippen LogP contribution is 2.16. The highest BCUT2D eigenvalue weighted by molar-refractivity contribution is 5.96. The summed E-state index contributed by atoms with van der Waals surface area (Å²) in [5, 5.41) is 8.81. The lowest BCUT2D eigenvalue weighted by molar-refractivity contribution is 0.0742. The Morgan fingerprint density at radius 3 is 2.48 bits per heavy atom. The second-order valence-corrected chi connectivity index (χ2v) is 5.38. The molecule has 112 valence electrons. The Balaban J connectivity index is 2.16. The van der Waals surface area contributed by atoms with Crippen LogP contribution in [0, 0.1) is 11.8 Å². The first-order chi connectivity index (χ1) is 10.3. The molecule has 1 amide bonds. The van der Waals surface area contributed by atoms with Crippen LogP contribution in [0.5, 0.6) is 0 Å². The molecule has 0 unspecified atom stereocenters. The number of likely N-dealkylation sites (tertiary alicyclic amines) is 1. The Bertz CT molecular complexity index is 520. The lowest BCUT2D eigenvalue weighted by atomic mass is 10.0. The third kappa shape index (κ3) is 4.61. The third-order valence-corrected chi connectivity index (χ3v) is 3.76. The molecule has 2 rings (SSSR count). The van der Waals surface area contributed by atoms with Gasteiger partial charge in [0.05, 0.1) is 12.2 Å². The van der Waals surface area contributed by atoms with E-state index in [0.717, 1.165) is 31.5 Å². The van der Waals surface area contributed by atoms with E-state index in [1.165, 1.54) is 19.3 Å². The zero-order valence-electron chi connectivity index (χ0n) is 12.5. The zero-order valence-corrected chi connectivity index (χ0v) is 12.5. The van der Waals surface area contributed by atoms with Crippen LogP contribution in [-0.2, 0) is 0 Å². The van der Waals surface area contributed by atoms with Crippen LogP contribution in [0.1, 0.15) is 54.4 Å². The molecule has 3 heteroatoms. The molecule has 0 radical (unpaired) electrons. The van der Waals surface area contributed by atoms with Crippen molar-refractivity contribution in [3.05, 3.63) is 35.4 Å². The highest BCUT2D eigenvalue weighted by Gasteiger charge is 2.18. The van der Waals surface area contributed by atoms with Gasteiger partial charge in [0.2, 0.25) is 0 Å². The second-order valence-electron chi connectivity index (χ2n) is 5.38. The molecule has 1 fully saturated rings. The molecule has 0 aromatic heterocycles. The molecular formula is C18H23NO2. The second kappa shape index (κ2) is 8.49. The van der Waals surface area contributed by atoms with Gasteiger partial charge >= 0.3 is 0 Å². The minimum Gasteiger partial charge on any atom is -0.395 e. The number of nitrogens with zero attached hydrogens (tertiary/aromatic N) is 1. The van der Waals surface area contributed by atoms with Gasteiger partial charge in [0, 0.05) is 25.1 Å². The van der Waals surface area contributed by atoms with E-state index < -0.39 is 0 Å². The van der Waals surface area contributed by atoms with E-state index in [1.807, 2.05) is 29.2 Å². The van der Waals surface area contributed by atoms with Gasteiger partial charge in [-0.05, 0) is 25.0 Å². The summed E-state index contributed by atoms with van der Waals surface area (Å²) in [4.78, 5) is 14.7. The fourth-order valence-electron chi connectivity index (χ4n) is 2.61. The Kier molecular flexibility index (Phi) is 6.30. The molecule has 3 nitrogen and oxygen atoms in total. The van der Waals surface area contributed by atoms with Crippen LogP contribution in [-0.4, -0.2) is 35.6 Å². The summed E-state index contributed by atoms with van der Waals surface area (Å²) >= 11 is 0. The lowest BCUT2D eigenvalue weighted by Crippen LogP contribution is -2.34. The standard InChI is InChI=1S/C18H23NO2/c20-15-9-6-11-16-10-4-5-12-17(16)18(21)19-13-7-2-1-3-8-14-19/h4-5,10,12,20H,1-3,7-9,13-15H2. The largest absolute Gasteiger partial charge is 0.395 e. The maximum Gasteiger partial charge on any atom is 0.255 e. The van der Waals surface area contributed by atoms with Crippen molar-refractivity contribution in [1.29, 1.82) is 0 Å². The van der Waals surface area contributed by atoms with Gasteiger partial charge in [-0.25, -0.2) is 0 Å². The summed E-state index contributed by atoms with van der Waals surface area (Å²) in [7, 11) is 0. The van der Waals surface area contributed by atoms with Gasteiger partial charge in [-0.2, -0.15) is 0 Å². The van der Waals surface area contributed by atoms with Gasteiger partial charge < -0.3 is 10.0 Å². The van der Waals surface area contributed by atoms with E-state index >= 15 is 0 Å². The molecule has 0 atom stereocenters. The fraction of sp³-hybridized carbons (Fsp3) is 0.500. The van der Waals surface area contributed by atoms with E-state index in [9.17, 15) is 4.79 Å². The molecule has 1 aliphatic rings. The summed E-state index contributed by atoms with van der Waals surface area (Å²) in [5.41, 5.74) is 1.45. The van der Waals surface area contributed by atoms with E-state index in [2.05, 4.69) is 11.8 Å². The molecule has 1 heterocycles. The van der Waals surface area contributed by atoms with Crippen molar-refractivity contribution in [1.82, 2.24) is 4.90 Å². The molecule has 1 aromatic rings. The molecule has 1 aromatic carbocycles. The van der Waals surface area contributed by atoms with Crippen molar-refractivity contribution < 1.29 is 9.90 Å². The Labute approximate surface area is 127 Å². The molecule has 0 aliphatic carbocycles. The minimum atomic E-state index is 0.0508. The monoisotopic (exact) mass is 285 g/mol.